The number of nitrogens with zero attached hydrogens (tertiary/aromatic N) is 1. The smallest absolute Gasteiger partial charge is 0.251 e. The van der Waals surface area contributed by atoms with Crippen LogP contribution in [0.4, 0.5) is 4.39 Å². The Morgan fingerprint density at radius 1 is 0.727 bits per heavy atom. The van der Waals surface area contributed by atoms with Crippen LogP contribution in [-0.4, -0.2) is 47.8 Å². The molecule has 2 aliphatic carbocycles. The van der Waals surface area contributed by atoms with E-state index < -0.39 is 0 Å². The van der Waals surface area contributed by atoms with Gasteiger partial charge in [0, 0.05) is 42.6 Å². The Labute approximate surface area is 195 Å². The van der Waals surface area contributed by atoms with Crippen molar-refractivity contribution in [1.29, 1.82) is 0 Å². The summed E-state index contributed by atoms with van der Waals surface area (Å²) in [6, 6.07) is 5.28. The molecular weight excluding hydrogens is 421 g/mol. The van der Waals surface area contributed by atoms with Crippen LogP contribution >= 0.6 is 0 Å². The Morgan fingerprint density at radius 2 is 1.30 bits per heavy atom. The van der Waals surface area contributed by atoms with Crippen LogP contribution in [0.5, 0.6) is 0 Å². The molecule has 0 bridgehead atoms. The minimum Gasteiger partial charge on any atom is -0.351 e. The Hall–Kier alpha value is -2.44. The number of benzene rings is 1. The molecule has 0 spiro atoms. The summed E-state index contributed by atoms with van der Waals surface area (Å²) in [6.45, 7) is 1.31. The fourth-order valence-electron chi connectivity index (χ4n) is 5.60. The molecule has 2 atom stereocenters. The molecule has 2 N–H and O–H groups in total. The number of likely N-dealkylation sites (tertiary alicyclic amines) is 1. The normalized spacial score (nSPS) is 24.8. The third-order valence-electron chi connectivity index (χ3n) is 7.65. The molecule has 1 heterocycles. The molecule has 1 unspecified atom stereocenters. The zero-order valence-electron chi connectivity index (χ0n) is 19.4. The lowest BCUT2D eigenvalue weighted by Gasteiger charge is -2.37. The van der Waals surface area contributed by atoms with E-state index in [4.69, 9.17) is 0 Å². The average Bonchev–Trinajstić information content (AvgIpc) is 2.85. The maximum Gasteiger partial charge on any atom is 0.251 e. The summed E-state index contributed by atoms with van der Waals surface area (Å²) in [4.78, 5) is 40.4. The molecule has 180 valence electrons. The Morgan fingerprint density at radius 3 is 1.94 bits per heavy atom. The van der Waals surface area contributed by atoms with Crippen molar-refractivity contribution in [1.82, 2.24) is 15.5 Å². The van der Waals surface area contributed by atoms with Crippen molar-refractivity contribution >= 4 is 17.7 Å². The summed E-state index contributed by atoms with van der Waals surface area (Å²) in [7, 11) is 0. The molecule has 33 heavy (non-hydrogen) atoms. The van der Waals surface area contributed by atoms with Crippen LogP contribution in [0.1, 0.15) is 81.0 Å². The van der Waals surface area contributed by atoms with E-state index in [9.17, 15) is 18.8 Å². The Kier molecular flexibility index (Phi) is 7.99. The molecule has 2 saturated carbocycles. The molecule has 1 aliphatic heterocycles. The van der Waals surface area contributed by atoms with Gasteiger partial charge >= 0.3 is 0 Å². The van der Waals surface area contributed by atoms with Crippen molar-refractivity contribution in [2.45, 2.75) is 82.7 Å². The van der Waals surface area contributed by atoms with E-state index >= 15 is 0 Å². The number of hydrogen-bond donors (Lipinski definition) is 2. The van der Waals surface area contributed by atoms with Crippen molar-refractivity contribution in [3.05, 3.63) is 35.6 Å². The first kappa shape index (κ1) is 23.7. The van der Waals surface area contributed by atoms with E-state index in [1.54, 1.807) is 0 Å². The molecular formula is C26H36FN3O3. The van der Waals surface area contributed by atoms with Gasteiger partial charge in [0.05, 0.1) is 0 Å². The van der Waals surface area contributed by atoms with Gasteiger partial charge in [0.15, 0.2) is 0 Å². The second-order valence-electron chi connectivity index (χ2n) is 9.92. The fraction of sp³-hybridized carbons (Fsp3) is 0.654. The number of halogens is 1. The van der Waals surface area contributed by atoms with Crippen LogP contribution in [0.15, 0.2) is 24.3 Å². The minimum absolute atomic E-state index is 0.0349. The van der Waals surface area contributed by atoms with Crippen molar-refractivity contribution in [3.8, 4) is 0 Å². The summed E-state index contributed by atoms with van der Waals surface area (Å²) >= 11 is 0. The minimum atomic E-state index is -0.374. The van der Waals surface area contributed by atoms with Crippen LogP contribution < -0.4 is 10.6 Å². The summed E-state index contributed by atoms with van der Waals surface area (Å²) in [5.74, 6) is -0.207. The van der Waals surface area contributed by atoms with Gasteiger partial charge in [-0.15, -0.1) is 0 Å². The second-order valence-corrected chi connectivity index (χ2v) is 9.92. The number of carbonyl (C=O) groups is 3. The lowest BCUT2D eigenvalue weighted by atomic mass is 9.86. The van der Waals surface area contributed by atoms with Gasteiger partial charge in [-0.25, -0.2) is 4.39 Å². The van der Waals surface area contributed by atoms with Gasteiger partial charge in [-0.1, -0.05) is 32.1 Å². The molecule has 4 rings (SSSR count). The summed E-state index contributed by atoms with van der Waals surface area (Å²) in [6.07, 6.45) is 10.6. The zero-order chi connectivity index (χ0) is 23.2. The van der Waals surface area contributed by atoms with E-state index in [1.807, 2.05) is 4.90 Å². The number of piperidine rings is 1. The third kappa shape index (κ3) is 6.12. The fourth-order valence-corrected chi connectivity index (χ4v) is 5.60. The molecule has 3 fully saturated rings. The van der Waals surface area contributed by atoms with Gasteiger partial charge in [0.2, 0.25) is 11.8 Å². The maximum absolute atomic E-state index is 13.2. The maximum atomic E-state index is 13.2. The first-order valence-corrected chi connectivity index (χ1v) is 12.7. The zero-order valence-corrected chi connectivity index (χ0v) is 19.4. The van der Waals surface area contributed by atoms with Crippen LogP contribution in [0.2, 0.25) is 0 Å². The average molecular weight is 458 g/mol. The van der Waals surface area contributed by atoms with Gasteiger partial charge in [-0.05, 0) is 62.8 Å². The summed E-state index contributed by atoms with van der Waals surface area (Å²) in [5, 5.41) is 6.24. The second kappa shape index (κ2) is 11.1. The lowest BCUT2D eigenvalue weighted by Crippen LogP contribution is -2.55. The highest BCUT2D eigenvalue weighted by atomic mass is 19.1. The molecule has 1 aromatic rings. The van der Waals surface area contributed by atoms with Crippen molar-refractivity contribution in [2.75, 3.05) is 13.1 Å². The summed E-state index contributed by atoms with van der Waals surface area (Å²) < 4.78 is 13.2. The van der Waals surface area contributed by atoms with Crippen molar-refractivity contribution in [3.63, 3.8) is 0 Å². The number of carbonyl (C=O) groups excluding carboxylic acids is 3. The molecule has 0 radical (unpaired) electrons. The molecule has 1 aromatic carbocycles. The predicted molar refractivity (Wildman–Crippen MR) is 124 cm³/mol. The van der Waals surface area contributed by atoms with Crippen LogP contribution in [0.3, 0.4) is 0 Å². The Balaban J connectivity index is 1.27. The molecule has 3 aliphatic rings. The number of rotatable bonds is 5. The van der Waals surface area contributed by atoms with Gasteiger partial charge in [0.1, 0.15) is 5.82 Å². The van der Waals surface area contributed by atoms with E-state index in [1.165, 1.54) is 30.7 Å². The molecule has 1 saturated heterocycles. The highest BCUT2D eigenvalue weighted by molar-refractivity contribution is 5.94. The highest BCUT2D eigenvalue weighted by Gasteiger charge is 2.34. The van der Waals surface area contributed by atoms with Crippen LogP contribution in [0, 0.1) is 17.7 Å². The van der Waals surface area contributed by atoms with E-state index in [2.05, 4.69) is 10.6 Å². The van der Waals surface area contributed by atoms with Crippen molar-refractivity contribution < 1.29 is 18.8 Å². The first-order valence-electron chi connectivity index (χ1n) is 12.7. The van der Waals surface area contributed by atoms with Crippen LogP contribution in [-0.2, 0) is 9.59 Å². The SMILES string of the molecule is O=C(N[C@@H]1CCCCC1NC(=O)C1CCN(C(=O)C2CCCCC2)CC1)c1ccc(F)cc1. The predicted octanol–water partition coefficient (Wildman–Crippen LogP) is 3.80. The third-order valence-corrected chi connectivity index (χ3v) is 7.65. The topological polar surface area (TPSA) is 78.5 Å². The first-order chi connectivity index (χ1) is 16.0. The highest BCUT2D eigenvalue weighted by Crippen LogP contribution is 2.28. The summed E-state index contributed by atoms with van der Waals surface area (Å²) in [5.41, 5.74) is 0.419. The number of nitrogens with one attached hydrogen (secondary N) is 2. The van der Waals surface area contributed by atoms with Gasteiger partial charge in [0.25, 0.3) is 5.91 Å². The molecule has 7 heteroatoms. The lowest BCUT2D eigenvalue weighted by molar-refractivity contribution is -0.140. The quantitative estimate of drug-likeness (QED) is 0.706. The number of amides is 3. The van der Waals surface area contributed by atoms with E-state index in [0.717, 1.165) is 51.4 Å². The largest absolute Gasteiger partial charge is 0.351 e. The van der Waals surface area contributed by atoms with Crippen LogP contribution in [0.25, 0.3) is 0 Å². The van der Waals surface area contributed by atoms with E-state index in [0.29, 0.717) is 31.5 Å². The Bertz CT molecular complexity index is 830. The standard InChI is InChI=1S/C26H36FN3O3/c27-21-12-10-18(11-13-21)24(31)28-22-8-4-5-9-23(22)29-25(32)19-14-16-30(17-15-19)26(33)20-6-2-1-3-7-20/h10-13,19-20,22-23H,1-9,14-17H2,(H,28,31)(H,29,32)/t22-,23?/m1/s1. The van der Waals surface area contributed by atoms with E-state index in [-0.39, 0.29) is 47.5 Å². The molecule has 3 amide bonds. The number of hydrogen-bond acceptors (Lipinski definition) is 3. The monoisotopic (exact) mass is 457 g/mol. The van der Waals surface area contributed by atoms with Gasteiger partial charge < -0.3 is 15.5 Å². The van der Waals surface area contributed by atoms with Gasteiger partial charge in [-0.3, -0.25) is 14.4 Å². The molecule has 0 aromatic heterocycles. The molecule has 6 nitrogen and oxygen atoms in total. The van der Waals surface area contributed by atoms with Crippen molar-refractivity contribution in [2.24, 2.45) is 11.8 Å². The van der Waals surface area contributed by atoms with Gasteiger partial charge in [-0.2, -0.15) is 0 Å².